The van der Waals surface area contributed by atoms with Gasteiger partial charge in [-0.1, -0.05) is 35.9 Å². The summed E-state index contributed by atoms with van der Waals surface area (Å²) in [6, 6.07) is 10.4. The number of fused-ring (bicyclic) bond motifs is 1. The lowest BCUT2D eigenvalue weighted by Crippen LogP contribution is -2.40. The van der Waals surface area contributed by atoms with E-state index in [4.69, 9.17) is 16.3 Å². The average molecular weight is 334 g/mol. The Balaban J connectivity index is 1.75. The molecule has 0 bridgehead atoms. The number of carbonyl (C=O) groups is 1. The normalized spacial score (nSPS) is 23.3. The number of hydrogen-bond acceptors (Lipinski definition) is 3. The number of amides is 1. The van der Waals surface area contributed by atoms with E-state index in [0.29, 0.717) is 19.7 Å². The molecule has 22 heavy (non-hydrogen) atoms. The van der Waals surface area contributed by atoms with Crippen molar-refractivity contribution in [1.82, 2.24) is 4.90 Å². The molecule has 0 spiro atoms. The predicted molar refractivity (Wildman–Crippen MR) is 87.5 cm³/mol. The van der Waals surface area contributed by atoms with Crippen LogP contribution < -0.4 is 0 Å². The Hall–Kier alpha value is -1.36. The molecular weight excluding hydrogens is 318 g/mol. The summed E-state index contributed by atoms with van der Waals surface area (Å²) in [6.45, 7) is 4.02. The summed E-state index contributed by atoms with van der Waals surface area (Å²) in [6.07, 6.45) is -0.227. The summed E-state index contributed by atoms with van der Waals surface area (Å²) in [4.78, 5) is 15.5. The maximum Gasteiger partial charge on any atom is 0.254 e. The van der Waals surface area contributed by atoms with Crippen LogP contribution in [-0.4, -0.2) is 30.1 Å². The predicted octanol–water partition coefficient (Wildman–Crippen LogP) is 3.58. The summed E-state index contributed by atoms with van der Waals surface area (Å²) in [5, 5.41) is 0. The van der Waals surface area contributed by atoms with Crippen LogP contribution in [0.2, 0.25) is 4.34 Å². The highest BCUT2D eigenvalue weighted by Gasteiger charge is 2.39. The van der Waals surface area contributed by atoms with E-state index in [2.05, 4.69) is 31.2 Å². The topological polar surface area (TPSA) is 32.8 Å². The SMILES string of the molecule is Cc1ccccc1[C@H]1CN(C(=O)[C@@H]2CO2)Cc2sc(Cl)cc21. The fraction of sp³-hybridized carbons (Fsp3) is 0.353. The number of rotatable bonds is 2. The number of benzene rings is 1. The molecule has 0 radical (unpaired) electrons. The Kier molecular flexibility index (Phi) is 3.48. The Bertz CT molecular complexity index is 738. The second kappa shape index (κ2) is 5.37. The van der Waals surface area contributed by atoms with Crippen LogP contribution in [0, 0.1) is 6.92 Å². The molecule has 4 rings (SSSR count). The zero-order valence-corrected chi connectivity index (χ0v) is 13.8. The number of halogens is 1. The smallest absolute Gasteiger partial charge is 0.254 e. The monoisotopic (exact) mass is 333 g/mol. The van der Waals surface area contributed by atoms with Crippen molar-refractivity contribution in [2.24, 2.45) is 0 Å². The third-order valence-corrected chi connectivity index (χ3v) is 5.67. The highest BCUT2D eigenvalue weighted by molar-refractivity contribution is 7.16. The first-order valence-corrected chi connectivity index (χ1v) is 8.57. The number of aryl methyl sites for hydroxylation is 1. The van der Waals surface area contributed by atoms with Crippen LogP contribution in [0.3, 0.4) is 0 Å². The van der Waals surface area contributed by atoms with Gasteiger partial charge in [-0.2, -0.15) is 0 Å². The van der Waals surface area contributed by atoms with E-state index in [0.717, 1.165) is 4.34 Å². The fourth-order valence-corrected chi connectivity index (χ4v) is 4.55. The molecule has 2 atom stereocenters. The van der Waals surface area contributed by atoms with E-state index in [1.165, 1.54) is 21.6 Å². The maximum absolute atomic E-state index is 12.4. The first kappa shape index (κ1) is 14.2. The van der Waals surface area contributed by atoms with E-state index >= 15 is 0 Å². The molecule has 5 heteroatoms. The molecular formula is C17H16ClNO2S. The summed E-state index contributed by atoms with van der Waals surface area (Å²) >= 11 is 7.81. The Morgan fingerprint density at radius 3 is 2.86 bits per heavy atom. The lowest BCUT2D eigenvalue weighted by atomic mass is 9.86. The lowest BCUT2D eigenvalue weighted by Gasteiger charge is -2.33. The van der Waals surface area contributed by atoms with E-state index in [1.54, 1.807) is 11.3 Å². The molecule has 114 valence electrons. The molecule has 3 heterocycles. The standard InChI is InChI=1S/C17H16ClNO2S/c1-10-4-2-3-5-11(10)13-7-19(17(20)14-9-21-14)8-15-12(13)6-16(18)22-15/h2-6,13-14H,7-9H2,1H3/t13-,14+/m1/s1. The van der Waals surface area contributed by atoms with Crippen LogP contribution in [0.1, 0.15) is 27.5 Å². The average Bonchev–Trinajstić information content (AvgIpc) is 3.27. The van der Waals surface area contributed by atoms with Crippen LogP contribution in [0.5, 0.6) is 0 Å². The number of thiophene rings is 1. The highest BCUT2D eigenvalue weighted by Crippen LogP contribution is 2.41. The molecule has 0 aliphatic carbocycles. The van der Waals surface area contributed by atoms with Crippen LogP contribution in [0.4, 0.5) is 0 Å². The summed E-state index contributed by atoms with van der Waals surface area (Å²) in [5.41, 5.74) is 3.79. The minimum atomic E-state index is -0.227. The molecule has 0 unspecified atom stereocenters. The molecule has 1 amide bonds. The molecule has 2 aliphatic rings. The lowest BCUT2D eigenvalue weighted by molar-refractivity contribution is -0.133. The van der Waals surface area contributed by atoms with Gasteiger partial charge in [0, 0.05) is 17.3 Å². The van der Waals surface area contributed by atoms with Crippen LogP contribution in [-0.2, 0) is 16.1 Å². The van der Waals surface area contributed by atoms with Gasteiger partial charge in [-0.05, 0) is 29.7 Å². The molecule has 1 saturated heterocycles. The van der Waals surface area contributed by atoms with Crippen LogP contribution >= 0.6 is 22.9 Å². The van der Waals surface area contributed by atoms with Crippen molar-refractivity contribution in [3.05, 3.63) is 56.2 Å². The largest absolute Gasteiger partial charge is 0.363 e. The van der Waals surface area contributed by atoms with Crippen LogP contribution in [0.15, 0.2) is 30.3 Å². The summed E-state index contributed by atoms with van der Waals surface area (Å²) in [7, 11) is 0. The van der Waals surface area contributed by atoms with Gasteiger partial charge in [0.1, 0.15) is 0 Å². The number of nitrogens with zero attached hydrogens (tertiary/aromatic N) is 1. The van der Waals surface area contributed by atoms with Crippen molar-refractivity contribution in [2.75, 3.05) is 13.2 Å². The van der Waals surface area contributed by atoms with Crippen molar-refractivity contribution >= 4 is 28.8 Å². The van der Waals surface area contributed by atoms with Gasteiger partial charge in [-0.25, -0.2) is 0 Å². The fourth-order valence-electron chi connectivity index (χ4n) is 3.19. The molecule has 3 nitrogen and oxygen atoms in total. The van der Waals surface area contributed by atoms with Gasteiger partial charge in [-0.15, -0.1) is 11.3 Å². The van der Waals surface area contributed by atoms with Gasteiger partial charge >= 0.3 is 0 Å². The number of hydrogen-bond donors (Lipinski definition) is 0. The van der Waals surface area contributed by atoms with Crippen LogP contribution in [0.25, 0.3) is 0 Å². The Labute approximate surface area is 138 Å². The van der Waals surface area contributed by atoms with Crippen molar-refractivity contribution < 1.29 is 9.53 Å². The number of epoxide rings is 1. The maximum atomic E-state index is 12.4. The molecule has 2 aromatic rings. The van der Waals surface area contributed by atoms with Gasteiger partial charge in [0.05, 0.1) is 17.5 Å². The third kappa shape index (κ3) is 2.45. The van der Waals surface area contributed by atoms with E-state index < -0.39 is 0 Å². The van der Waals surface area contributed by atoms with Gasteiger partial charge in [-0.3, -0.25) is 4.79 Å². The molecule has 0 N–H and O–H groups in total. The first-order valence-electron chi connectivity index (χ1n) is 7.37. The quantitative estimate of drug-likeness (QED) is 0.787. The highest BCUT2D eigenvalue weighted by atomic mass is 35.5. The molecule has 1 fully saturated rings. The second-order valence-corrected chi connectivity index (χ2v) is 7.65. The van der Waals surface area contributed by atoms with E-state index in [9.17, 15) is 4.79 Å². The molecule has 1 aromatic carbocycles. The minimum Gasteiger partial charge on any atom is -0.363 e. The number of ether oxygens (including phenoxy) is 1. The van der Waals surface area contributed by atoms with Crippen molar-refractivity contribution in [3.8, 4) is 0 Å². The van der Waals surface area contributed by atoms with E-state index in [-0.39, 0.29) is 17.9 Å². The second-order valence-electron chi connectivity index (χ2n) is 5.88. The summed E-state index contributed by atoms with van der Waals surface area (Å²) < 4.78 is 5.96. The van der Waals surface area contributed by atoms with Gasteiger partial charge < -0.3 is 9.64 Å². The zero-order valence-electron chi connectivity index (χ0n) is 12.2. The minimum absolute atomic E-state index is 0.105. The van der Waals surface area contributed by atoms with Crippen molar-refractivity contribution in [3.63, 3.8) is 0 Å². The van der Waals surface area contributed by atoms with Crippen molar-refractivity contribution in [2.45, 2.75) is 25.5 Å². The first-order chi connectivity index (χ1) is 10.6. The molecule has 2 aliphatic heterocycles. The van der Waals surface area contributed by atoms with Gasteiger partial charge in [0.15, 0.2) is 6.10 Å². The summed E-state index contributed by atoms with van der Waals surface area (Å²) in [5.74, 6) is 0.296. The number of carbonyl (C=O) groups excluding carboxylic acids is 1. The zero-order chi connectivity index (χ0) is 15.3. The van der Waals surface area contributed by atoms with E-state index in [1.807, 2.05) is 11.0 Å². The van der Waals surface area contributed by atoms with Gasteiger partial charge in [0.25, 0.3) is 5.91 Å². The van der Waals surface area contributed by atoms with Crippen molar-refractivity contribution in [1.29, 1.82) is 0 Å². The molecule has 1 aromatic heterocycles. The Morgan fingerprint density at radius 2 is 2.14 bits per heavy atom. The third-order valence-electron chi connectivity index (χ3n) is 4.41. The molecule has 0 saturated carbocycles. The van der Waals surface area contributed by atoms with Gasteiger partial charge in [0.2, 0.25) is 0 Å². The Morgan fingerprint density at radius 1 is 1.36 bits per heavy atom.